The second-order valence-electron chi connectivity index (χ2n) is 4.89. The number of aliphatic hydroxyl groups is 1. The van der Waals surface area contributed by atoms with Crippen LogP contribution in [-0.2, 0) is 4.74 Å². The van der Waals surface area contributed by atoms with Crippen molar-refractivity contribution in [2.75, 3.05) is 19.8 Å². The lowest BCUT2D eigenvalue weighted by atomic mass is 9.94. The van der Waals surface area contributed by atoms with Gasteiger partial charge in [-0.2, -0.15) is 0 Å². The Hall–Kier alpha value is -0.120. The normalized spacial score (nSPS) is 13.4. The molecule has 0 heterocycles. The highest BCUT2D eigenvalue weighted by molar-refractivity contribution is 4.73. The van der Waals surface area contributed by atoms with Crippen molar-refractivity contribution >= 4 is 0 Å². The molecule has 13 heavy (non-hydrogen) atoms. The lowest BCUT2D eigenvalue weighted by molar-refractivity contribution is -0.0636. The van der Waals surface area contributed by atoms with Crippen LogP contribution in [0.5, 0.6) is 0 Å². The molecule has 0 amide bonds. The van der Waals surface area contributed by atoms with Crippen LogP contribution in [0.15, 0.2) is 0 Å². The van der Waals surface area contributed by atoms with Gasteiger partial charge in [0.05, 0.1) is 12.2 Å². The van der Waals surface area contributed by atoms with Gasteiger partial charge in [-0.05, 0) is 26.8 Å². The molecule has 3 nitrogen and oxygen atoms in total. The third-order valence-electron chi connectivity index (χ3n) is 2.12. The van der Waals surface area contributed by atoms with Gasteiger partial charge in [-0.1, -0.05) is 13.8 Å². The first-order valence-corrected chi connectivity index (χ1v) is 4.78. The van der Waals surface area contributed by atoms with E-state index in [0.29, 0.717) is 19.6 Å². The monoisotopic (exact) mass is 189 g/mol. The Morgan fingerprint density at radius 1 is 1.23 bits per heavy atom. The Balaban J connectivity index is 3.86. The highest BCUT2D eigenvalue weighted by atomic mass is 16.5. The average Bonchev–Trinajstić information content (AvgIpc) is 2.02. The third-order valence-corrected chi connectivity index (χ3v) is 2.12. The Bertz CT molecular complexity index is 144. The zero-order chi connectivity index (χ0) is 10.5. The molecule has 80 valence electrons. The minimum atomic E-state index is -0.249. The van der Waals surface area contributed by atoms with E-state index in [1.54, 1.807) is 0 Å². The predicted octanol–water partition coefficient (Wildman–Crippen LogP) is 1.15. The van der Waals surface area contributed by atoms with Crippen LogP contribution >= 0.6 is 0 Å². The van der Waals surface area contributed by atoms with E-state index in [9.17, 15) is 0 Å². The molecule has 0 bridgehead atoms. The molecule has 0 rings (SSSR count). The molecule has 0 aliphatic carbocycles. The standard InChI is InChI=1S/C10H23NO2/c1-9(2,7-11)8-13-10(3,4)5-6-12/h12H,5-8,11H2,1-4H3. The second kappa shape index (κ2) is 4.94. The summed E-state index contributed by atoms with van der Waals surface area (Å²) in [5.74, 6) is 0. The summed E-state index contributed by atoms with van der Waals surface area (Å²) >= 11 is 0. The minimum Gasteiger partial charge on any atom is -0.396 e. The van der Waals surface area contributed by atoms with Crippen LogP contribution < -0.4 is 5.73 Å². The van der Waals surface area contributed by atoms with Gasteiger partial charge in [0.1, 0.15) is 0 Å². The Morgan fingerprint density at radius 3 is 2.15 bits per heavy atom. The zero-order valence-corrected chi connectivity index (χ0v) is 9.26. The molecule has 0 aromatic rings. The maximum Gasteiger partial charge on any atom is 0.0648 e. The molecule has 0 aliphatic rings. The van der Waals surface area contributed by atoms with Crippen molar-refractivity contribution in [1.82, 2.24) is 0 Å². The van der Waals surface area contributed by atoms with Gasteiger partial charge in [-0.15, -0.1) is 0 Å². The Kier molecular flexibility index (Phi) is 4.89. The van der Waals surface area contributed by atoms with Crippen molar-refractivity contribution in [2.24, 2.45) is 11.1 Å². The first-order chi connectivity index (χ1) is 5.83. The molecular formula is C10H23NO2. The molecule has 0 aromatic carbocycles. The number of hydrogen-bond acceptors (Lipinski definition) is 3. The zero-order valence-electron chi connectivity index (χ0n) is 9.26. The number of nitrogens with two attached hydrogens (primary N) is 1. The minimum absolute atomic E-state index is 0.0206. The van der Waals surface area contributed by atoms with Crippen LogP contribution in [0.4, 0.5) is 0 Å². The van der Waals surface area contributed by atoms with Gasteiger partial charge in [0, 0.05) is 12.0 Å². The fourth-order valence-corrected chi connectivity index (χ4v) is 0.791. The van der Waals surface area contributed by atoms with Crippen LogP contribution in [0.25, 0.3) is 0 Å². The topological polar surface area (TPSA) is 55.5 Å². The summed E-state index contributed by atoms with van der Waals surface area (Å²) in [6.07, 6.45) is 0.660. The molecule has 0 unspecified atom stereocenters. The predicted molar refractivity (Wildman–Crippen MR) is 54.6 cm³/mol. The summed E-state index contributed by atoms with van der Waals surface area (Å²) in [6.45, 7) is 9.52. The summed E-state index contributed by atoms with van der Waals surface area (Å²) in [5, 5.41) is 8.78. The summed E-state index contributed by atoms with van der Waals surface area (Å²) < 4.78 is 5.69. The van der Waals surface area contributed by atoms with E-state index < -0.39 is 0 Å². The van der Waals surface area contributed by atoms with E-state index in [0.717, 1.165) is 0 Å². The molecule has 3 heteroatoms. The van der Waals surface area contributed by atoms with E-state index >= 15 is 0 Å². The van der Waals surface area contributed by atoms with E-state index in [1.807, 2.05) is 13.8 Å². The fraction of sp³-hybridized carbons (Fsp3) is 1.00. The summed E-state index contributed by atoms with van der Waals surface area (Å²) in [4.78, 5) is 0. The lowest BCUT2D eigenvalue weighted by Crippen LogP contribution is -2.35. The van der Waals surface area contributed by atoms with Crippen molar-refractivity contribution in [1.29, 1.82) is 0 Å². The average molecular weight is 189 g/mol. The number of aliphatic hydroxyl groups excluding tert-OH is 1. The highest BCUT2D eigenvalue weighted by Crippen LogP contribution is 2.20. The Morgan fingerprint density at radius 2 is 1.77 bits per heavy atom. The molecular weight excluding hydrogens is 166 g/mol. The van der Waals surface area contributed by atoms with Gasteiger partial charge in [-0.3, -0.25) is 0 Å². The summed E-state index contributed by atoms with van der Waals surface area (Å²) in [5.41, 5.74) is 5.35. The van der Waals surface area contributed by atoms with Crippen molar-refractivity contribution in [3.8, 4) is 0 Å². The van der Waals surface area contributed by atoms with Gasteiger partial charge < -0.3 is 15.6 Å². The van der Waals surface area contributed by atoms with Crippen LogP contribution in [0.2, 0.25) is 0 Å². The van der Waals surface area contributed by atoms with Crippen LogP contribution in [-0.4, -0.2) is 30.5 Å². The quantitative estimate of drug-likeness (QED) is 0.659. The van der Waals surface area contributed by atoms with Gasteiger partial charge in [0.2, 0.25) is 0 Å². The van der Waals surface area contributed by atoms with Crippen molar-refractivity contribution in [3.63, 3.8) is 0 Å². The fourth-order valence-electron chi connectivity index (χ4n) is 0.791. The van der Waals surface area contributed by atoms with Gasteiger partial charge in [-0.25, -0.2) is 0 Å². The van der Waals surface area contributed by atoms with E-state index in [1.165, 1.54) is 0 Å². The third kappa shape index (κ3) is 6.02. The van der Waals surface area contributed by atoms with Crippen LogP contribution in [0.1, 0.15) is 34.1 Å². The smallest absolute Gasteiger partial charge is 0.0648 e. The maximum absolute atomic E-state index is 8.78. The van der Waals surface area contributed by atoms with E-state index in [-0.39, 0.29) is 17.6 Å². The SMILES string of the molecule is CC(C)(CN)COC(C)(C)CCO. The molecule has 3 N–H and O–H groups in total. The summed E-state index contributed by atoms with van der Waals surface area (Å²) in [7, 11) is 0. The molecule has 0 aromatic heterocycles. The molecule has 0 saturated carbocycles. The molecule has 0 fully saturated rings. The van der Waals surface area contributed by atoms with Crippen molar-refractivity contribution in [3.05, 3.63) is 0 Å². The lowest BCUT2D eigenvalue weighted by Gasteiger charge is -2.30. The van der Waals surface area contributed by atoms with Crippen LogP contribution in [0, 0.1) is 5.41 Å². The molecule has 0 aliphatic heterocycles. The molecule has 0 radical (unpaired) electrons. The van der Waals surface area contributed by atoms with Crippen LogP contribution in [0.3, 0.4) is 0 Å². The number of hydrogen-bond donors (Lipinski definition) is 2. The van der Waals surface area contributed by atoms with Gasteiger partial charge in [0.25, 0.3) is 0 Å². The first-order valence-electron chi connectivity index (χ1n) is 4.78. The maximum atomic E-state index is 8.78. The van der Waals surface area contributed by atoms with E-state index in [2.05, 4.69) is 13.8 Å². The van der Waals surface area contributed by atoms with Gasteiger partial charge >= 0.3 is 0 Å². The molecule has 0 spiro atoms. The highest BCUT2D eigenvalue weighted by Gasteiger charge is 2.23. The molecule has 0 atom stereocenters. The summed E-state index contributed by atoms with van der Waals surface area (Å²) in [6, 6.07) is 0. The van der Waals surface area contributed by atoms with E-state index in [4.69, 9.17) is 15.6 Å². The second-order valence-corrected chi connectivity index (χ2v) is 4.89. The number of ether oxygens (including phenoxy) is 1. The van der Waals surface area contributed by atoms with Crippen molar-refractivity contribution in [2.45, 2.75) is 39.7 Å². The number of rotatable bonds is 6. The largest absolute Gasteiger partial charge is 0.396 e. The van der Waals surface area contributed by atoms with Crippen molar-refractivity contribution < 1.29 is 9.84 Å². The molecule has 0 saturated heterocycles. The Labute approximate surface area is 81.3 Å². The van der Waals surface area contributed by atoms with Gasteiger partial charge in [0.15, 0.2) is 0 Å². The first kappa shape index (κ1) is 12.9.